The summed E-state index contributed by atoms with van der Waals surface area (Å²) in [5.41, 5.74) is 3.63. The van der Waals surface area contributed by atoms with Crippen molar-refractivity contribution in [2.24, 2.45) is 5.10 Å². The van der Waals surface area contributed by atoms with Crippen LogP contribution in [0.4, 0.5) is 5.69 Å². The van der Waals surface area contributed by atoms with Gasteiger partial charge in [-0.3, -0.25) is 9.59 Å². The number of rotatable bonds is 6. The summed E-state index contributed by atoms with van der Waals surface area (Å²) in [6.45, 7) is 1.95. The molecule has 0 bridgehead atoms. The summed E-state index contributed by atoms with van der Waals surface area (Å²) in [6.07, 6.45) is 2.89. The minimum atomic E-state index is -0.292. The maximum atomic E-state index is 11.9. The van der Waals surface area contributed by atoms with Crippen LogP contribution in [0.3, 0.4) is 0 Å². The predicted octanol–water partition coefficient (Wildman–Crippen LogP) is 3.25. The first-order valence-corrected chi connectivity index (χ1v) is 7.84. The minimum Gasteiger partial charge on any atom is -0.326 e. The molecule has 2 N–H and O–H groups in total. The number of hydrazone groups is 1. The van der Waals surface area contributed by atoms with Crippen LogP contribution < -0.4 is 10.7 Å². The highest BCUT2D eigenvalue weighted by Crippen LogP contribution is 2.10. The highest BCUT2D eigenvalue weighted by Gasteiger charge is 2.05. The van der Waals surface area contributed by atoms with Gasteiger partial charge in [-0.05, 0) is 42.1 Å². The Morgan fingerprint density at radius 1 is 1.23 bits per heavy atom. The van der Waals surface area contributed by atoms with Gasteiger partial charge in [0.1, 0.15) is 0 Å². The Morgan fingerprint density at radius 3 is 2.64 bits per heavy atom. The molecule has 2 aromatic rings. The van der Waals surface area contributed by atoms with Gasteiger partial charge in [0, 0.05) is 22.5 Å². The highest BCUT2D eigenvalue weighted by molar-refractivity contribution is 7.11. The van der Waals surface area contributed by atoms with Gasteiger partial charge in [-0.15, -0.1) is 11.3 Å². The number of carbonyl (C=O) groups excluding carboxylic acids is 2. The first-order valence-electron chi connectivity index (χ1n) is 6.96. The molecule has 0 saturated carbocycles. The third-order valence-corrected chi connectivity index (χ3v) is 3.62. The van der Waals surface area contributed by atoms with E-state index in [0.717, 1.165) is 11.3 Å². The summed E-state index contributed by atoms with van der Waals surface area (Å²) >= 11 is 1.54. The Kier molecular flexibility index (Phi) is 5.85. The van der Waals surface area contributed by atoms with Gasteiger partial charge in [-0.2, -0.15) is 5.10 Å². The van der Waals surface area contributed by atoms with Gasteiger partial charge in [0.05, 0.1) is 6.21 Å². The van der Waals surface area contributed by atoms with Crippen molar-refractivity contribution in [1.82, 2.24) is 5.43 Å². The van der Waals surface area contributed by atoms with E-state index >= 15 is 0 Å². The Hall–Kier alpha value is -2.47. The second kappa shape index (κ2) is 8.09. The fourth-order valence-corrected chi connectivity index (χ4v) is 2.32. The third kappa shape index (κ3) is 4.82. The SMILES string of the molecule is CCCC(=O)Nc1ccc(C(=O)N/N=C/c2cccs2)cc1. The van der Waals surface area contributed by atoms with E-state index in [4.69, 9.17) is 0 Å². The largest absolute Gasteiger partial charge is 0.326 e. The number of hydrogen-bond donors (Lipinski definition) is 2. The van der Waals surface area contributed by atoms with Crippen LogP contribution in [0.5, 0.6) is 0 Å². The van der Waals surface area contributed by atoms with E-state index in [2.05, 4.69) is 15.8 Å². The average molecular weight is 315 g/mol. The van der Waals surface area contributed by atoms with Crippen LogP contribution in [0, 0.1) is 0 Å². The van der Waals surface area contributed by atoms with E-state index in [1.54, 1.807) is 41.8 Å². The normalized spacial score (nSPS) is 10.6. The summed E-state index contributed by atoms with van der Waals surface area (Å²) in [7, 11) is 0. The van der Waals surface area contributed by atoms with Crippen molar-refractivity contribution in [2.75, 3.05) is 5.32 Å². The van der Waals surface area contributed by atoms with Crippen LogP contribution in [0.15, 0.2) is 46.9 Å². The third-order valence-electron chi connectivity index (χ3n) is 2.81. The molecule has 0 unspecified atom stereocenters. The average Bonchev–Trinajstić information content (AvgIpc) is 3.01. The molecule has 2 amide bonds. The van der Waals surface area contributed by atoms with Crippen LogP contribution in [-0.4, -0.2) is 18.0 Å². The lowest BCUT2D eigenvalue weighted by Crippen LogP contribution is -2.17. The minimum absolute atomic E-state index is 0.0275. The van der Waals surface area contributed by atoms with Crippen LogP contribution in [0.2, 0.25) is 0 Å². The fraction of sp³-hybridized carbons (Fsp3) is 0.188. The maximum absolute atomic E-state index is 11.9. The van der Waals surface area contributed by atoms with Gasteiger partial charge in [0.25, 0.3) is 5.91 Å². The van der Waals surface area contributed by atoms with Crippen LogP contribution in [-0.2, 0) is 4.79 Å². The first kappa shape index (κ1) is 15.9. The first-order chi connectivity index (χ1) is 10.7. The van der Waals surface area contributed by atoms with Gasteiger partial charge in [-0.1, -0.05) is 13.0 Å². The van der Waals surface area contributed by atoms with Gasteiger partial charge in [0.2, 0.25) is 5.91 Å². The lowest BCUT2D eigenvalue weighted by atomic mass is 10.2. The Morgan fingerprint density at radius 2 is 2.00 bits per heavy atom. The second-order valence-corrected chi connectivity index (χ2v) is 5.57. The van der Waals surface area contributed by atoms with Crippen molar-refractivity contribution in [3.63, 3.8) is 0 Å². The predicted molar refractivity (Wildman–Crippen MR) is 89.4 cm³/mol. The molecule has 2 rings (SSSR count). The fourth-order valence-electron chi connectivity index (χ4n) is 1.74. The molecule has 1 heterocycles. The molecule has 6 heteroatoms. The number of hydrogen-bond acceptors (Lipinski definition) is 4. The zero-order chi connectivity index (χ0) is 15.8. The number of carbonyl (C=O) groups is 2. The van der Waals surface area contributed by atoms with Crippen LogP contribution in [0.1, 0.15) is 35.0 Å². The van der Waals surface area contributed by atoms with E-state index in [0.29, 0.717) is 17.7 Å². The van der Waals surface area contributed by atoms with Gasteiger partial charge in [0.15, 0.2) is 0 Å². The smallest absolute Gasteiger partial charge is 0.271 e. The number of nitrogens with zero attached hydrogens (tertiary/aromatic N) is 1. The summed E-state index contributed by atoms with van der Waals surface area (Å²) < 4.78 is 0. The van der Waals surface area contributed by atoms with Crippen molar-refractivity contribution < 1.29 is 9.59 Å². The quantitative estimate of drug-likeness (QED) is 0.634. The zero-order valence-corrected chi connectivity index (χ0v) is 13.0. The number of anilines is 1. The molecule has 114 valence electrons. The van der Waals surface area contributed by atoms with Gasteiger partial charge >= 0.3 is 0 Å². The lowest BCUT2D eigenvalue weighted by molar-refractivity contribution is -0.116. The van der Waals surface area contributed by atoms with E-state index in [1.807, 2.05) is 24.4 Å². The zero-order valence-electron chi connectivity index (χ0n) is 12.2. The van der Waals surface area contributed by atoms with Crippen LogP contribution >= 0.6 is 11.3 Å². The molecule has 0 aliphatic rings. The summed E-state index contributed by atoms with van der Waals surface area (Å²) in [6, 6.07) is 10.5. The van der Waals surface area contributed by atoms with E-state index in [9.17, 15) is 9.59 Å². The van der Waals surface area contributed by atoms with Crippen LogP contribution in [0.25, 0.3) is 0 Å². The molecule has 5 nitrogen and oxygen atoms in total. The molecule has 22 heavy (non-hydrogen) atoms. The molecule has 0 atom stereocenters. The number of nitrogens with one attached hydrogen (secondary N) is 2. The molecule has 1 aromatic carbocycles. The van der Waals surface area contributed by atoms with Crippen molar-refractivity contribution >= 4 is 35.1 Å². The summed E-state index contributed by atoms with van der Waals surface area (Å²) in [5.74, 6) is -0.320. The van der Waals surface area contributed by atoms with Crippen molar-refractivity contribution in [1.29, 1.82) is 0 Å². The summed E-state index contributed by atoms with van der Waals surface area (Å²) in [5, 5.41) is 8.61. The van der Waals surface area contributed by atoms with Crippen molar-refractivity contribution in [3.8, 4) is 0 Å². The van der Waals surface area contributed by atoms with Gasteiger partial charge < -0.3 is 5.32 Å². The molecule has 0 spiro atoms. The number of amides is 2. The monoisotopic (exact) mass is 315 g/mol. The Labute approximate surface area is 133 Å². The topological polar surface area (TPSA) is 70.6 Å². The number of benzene rings is 1. The molecule has 0 saturated heterocycles. The lowest BCUT2D eigenvalue weighted by Gasteiger charge is -2.05. The summed E-state index contributed by atoms with van der Waals surface area (Å²) in [4.78, 5) is 24.3. The van der Waals surface area contributed by atoms with E-state index < -0.39 is 0 Å². The highest BCUT2D eigenvalue weighted by atomic mass is 32.1. The van der Waals surface area contributed by atoms with Gasteiger partial charge in [-0.25, -0.2) is 5.43 Å². The van der Waals surface area contributed by atoms with E-state index in [-0.39, 0.29) is 11.8 Å². The maximum Gasteiger partial charge on any atom is 0.271 e. The molecule has 0 aliphatic heterocycles. The molecular weight excluding hydrogens is 298 g/mol. The Bertz CT molecular complexity index is 649. The molecule has 1 aromatic heterocycles. The molecule has 0 aliphatic carbocycles. The molecular formula is C16H17N3O2S. The molecule has 0 radical (unpaired) electrons. The molecule has 0 fully saturated rings. The van der Waals surface area contributed by atoms with E-state index in [1.165, 1.54) is 0 Å². The second-order valence-electron chi connectivity index (χ2n) is 4.59. The Balaban J connectivity index is 1.89. The van der Waals surface area contributed by atoms with Crippen molar-refractivity contribution in [2.45, 2.75) is 19.8 Å². The number of thiophene rings is 1. The standard InChI is InChI=1S/C16H17N3O2S/c1-2-4-15(20)18-13-8-6-12(7-9-13)16(21)19-17-11-14-5-3-10-22-14/h3,5-11H,2,4H2,1H3,(H,18,20)(H,19,21)/b17-11+. The van der Waals surface area contributed by atoms with Crippen molar-refractivity contribution in [3.05, 3.63) is 52.2 Å².